The predicted octanol–water partition coefficient (Wildman–Crippen LogP) is 2.61. The first kappa shape index (κ1) is 13.8. The Balaban J connectivity index is 2.70. The van der Waals surface area contributed by atoms with Gasteiger partial charge in [-0.05, 0) is 32.0 Å². The molecule has 0 radical (unpaired) electrons. The third-order valence-corrected chi connectivity index (χ3v) is 2.79. The topological polar surface area (TPSA) is 61.5 Å². The van der Waals surface area contributed by atoms with Crippen LogP contribution in [-0.4, -0.2) is 19.7 Å². The Bertz CT molecular complexity index is 418. The highest BCUT2D eigenvalue weighted by molar-refractivity contribution is 9.10. The minimum atomic E-state index is -0.700. The molecule has 0 spiro atoms. The van der Waals surface area contributed by atoms with Crippen LogP contribution in [0.25, 0.3) is 0 Å². The Hall–Kier alpha value is -1.23. The van der Waals surface area contributed by atoms with Gasteiger partial charge in [0.25, 0.3) is 0 Å². The molecule has 5 heteroatoms. The number of nitrogen functional groups attached to an aromatic ring is 1. The molecule has 1 rings (SSSR count). The lowest BCUT2D eigenvalue weighted by Crippen LogP contribution is -2.32. The molecular formula is C12H16BrNO3. The first-order valence-corrected chi connectivity index (χ1v) is 5.92. The molecule has 0 unspecified atom stereocenters. The van der Waals surface area contributed by atoms with Crippen molar-refractivity contribution < 1.29 is 14.3 Å². The van der Waals surface area contributed by atoms with E-state index in [1.807, 2.05) is 6.07 Å². The van der Waals surface area contributed by atoms with Crippen LogP contribution in [0, 0.1) is 5.41 Å². The first-order valence-electron chi connectivity index (χ1n) is 5.13. The van der Waals surface area contributed by atoms with Gasteiger partial charge in [-0.1, -0.05) is 15.9 Å². The highest BCUT2D eigenvalue weighted by Crippen LogP contribution is 2.27. The van der Waals surface area contributed by atoms with Crippen molar-refractivity contribution in [1.29, 1.82) is 0 Å². The number of hydrogen-bond acceptors (Lipinski definition) is 4. The quantitative estimate of drug-likeness (QED) is 0.686. The average Bonchev–Trinajstić information content (AvgIpc) is 2.26. The molecule has 0 saturated heterocycles. The van der Waals surface area contributed by atoms with Crippen LogP contribution in [0.5, 0.6) is 5.75 Å². The Morgan fingerprint density at radius 3 is 2.65 bits per heavy atom. The van der Waals surface area contributed by atoms with E-state index in [-0.39, 0.29) is 12.6 Å². The molecule has 0 aliphatic carbocycles. The fourth-order valence-electron chi connectivity index (χ4n) is 1.24. The molecule has 17 heavy (non-hydrogen) atoms. The van der Waals surface area contributed by atoms with E-state index in [2.05, 4.69) is 15.9 Å². The molecule has 0 heterocycles. The highest BCUT2D eigenvalue weighted by Gasteiger charge is 2.29. The van der Waals surface area contributed by atoms with Crippen LogP contribution in [0.4, 0.5) is 5.69 Å². The summed E-state index contributed by atoms with van der Waals surface area (Å²) < 4.78 is 11.1. The largest absolute Gasteiger partial charge is 0.490 e. The fraction of sp³-hybridized carbons (Fsp3) is 0.417. The molecule has 4 nitrogen and oxygen atoms in total. The molecule has 0 aliphatic heterocycles. The second-order valence-corrected chi connectivity index (χ2v) is 5.26. The zero-order valence-corrected chi connectivity index (χ0v) is 11.7. The zero-order valence-electron chi connectivity index (χ0n) is 10.1. The van der Waals surface area contributed by atoms with Crippen molar-refractivity contribution in [3.8, 4) is 5.75 Å². The number of methoxy groups -OCH3 is 1. The number of carbonyl (C=O) groups is 1. The Morgan fingerprint density at radius 2 is 2.12 bits per heavy atom. The number of anilines is 1. The van der Waals surface area contributed by atoms with Crippen LogP contribution in [-0.2, 0) is 9.53 Å². The van der Waals surface area contributed by atoms with Crippen LogP contribution < -0.4 is 10.5 Å². The second-order valence-electron chi connectivity index (χ2n) is 4.35. The van der Waals surface area contributed by atoms with Gasteiger partial charge >= 0.3 is 5.97 Å². The number of benzene rings is 1. The Kier molecular flexibility index (Phi) is 4.40. The molecule has 0 bridgehead atoms. The summed E-state index contributed by atoms with van der Waals surface area (Å²) in [5, 5.41) is 0. The van der Waals surface area contributed by atoms with E-state index in [1.54, 1.807) is 26.0 Å². The van der Waals surface area contributed by atoms with Crippen LogP contribution in [0.2, 0.25) is 0 Å². The van der Waals surface area contributed by atoms with Crippen LogP contribution in [0.3, 0.4) is 0 Å². The van der Waals surface area contributed by atoms with Crippen LogP contribution >= 0.6 is 15.9 Å². The lowest BCUT2D eigenvalue weighted by molar-refractivity contribution is -0.152. The molecule has 0 saturated carbocycles. The molecule has 1 aromatic carbocycles. The van der Waals surface area contributed by atoms with Gasteiger partial charge in [-0.15, -0.1) is 0 Å². The standard InChI is InChI=1S/C12H16BrNO3/c1-12(2,11(15)16-3)7-17-10-5-4-8(13)6-9(10)14/h4-6H,7,14H2,1-3H3. The summed E-state index contributed by atoms with van der Waals surface area (Å²) in [6.07, 6.45) is 0. The summed E-state index contributed by atoms with van der Waals surface area (Å²) in [5.41, 5.74) is 5.62. The molecular weight excluding hydrogens is 286 g/mol. The van der Waals surface area contributed by atoms with E-state index in [1.165, 1.54) is 7.11 Å². The normalized spacial score (nSPS) is 11.1. The lowest BCUT2D eigenvalue weighted by Gasteiger charge is -2.22. The molecule has 0 atom stereocenters. The molecule has 94 valence electrons. The number of ether oxygens (including phenoxy) is 2. The minimum Gasteiger partial charge on any atom is -0.490 e. The molecule has 1 aromatic rings. The third-order valence-electron chi connectivity index (χ3n) is 2.30. The van der Waals surface area contributed by atoms with Crippen molar-refractivity contribution >= 4 is 27.6 Å². The zero-order chi connectivity index (χ0) is 13.1. The van der Waals surface area contributed by atoms with Gasteiger partial charge < -0.3 is 15.2 Å². The smallest absolute Gasteiger partial charge is 0.314 e. The number of esters is 1. The summed E-state index contributed by atoms with van der Waals surface area (Å²) in [7, 11) is 1.36. The van der Waals surface area contributed by atoms with Gasteiger partial charge in [0, 0.05) is 4.47 Å². The van der Waals surface area contributed by atoms with E-state index in [4.69, 9.17) is 15.2 Å². The maximum atomic E-state index is 11.5. The van der Waals surface area contributed by atoms with Gasteiger partial charge in [0.15, 0.2) is 0 Å². The van der Waals surface area contributed by atoms with Gasteiger partial charge in [-0.2, -0.15) is 0 Å². The maximum absolute atomic E-state index is 11.5. The lowest BCUT2D eigenvalue weighted by atomic mass is 9.95. The summed E-state index contributed by atoms with van der Waals surface area (Å²) >= 11 is 3.31. The summed E-state index contributed by atoms with van der Waals surface area (Å²) in [4.78, 5) is 11.5. The summed E-state index contributed by atoms with van der Waals surface area (Å²) in [6, 6.07) is 5.34. The first-order chi connectivity index (χ1) is 7.86. The number of carbonyl (C=O) groups excluding carboxylic acids is 1. The number of nitrogens with two attached hydrogens (primary N) is 1. The van der Waals surface area contributed by atoms with Gasteiger partial charge in [0.1, 0.15) is 12.4 Å². The van der Waals surface area contributed by atoms with E-state index in [9.17, 15) is 4.79 Å². The van der Waals surface area contributed by atoms with Gasteiger partial charge in [-0.25, -0.2) is 0 Å². The van der Waals surface area contributed by atoms with Crippen LogP contribution in [0.15, 0.2) is 22.7 Å². The van der Waals surface area contributed by atoms with E-state index >= 15 is 0 Å². The maximum Gasteiger partial charge on any atom is 0.314 e. The number of hydrogen-bond donors (Lipinski definition) is 1. The predicted molar refractivity (Wildman–Crippen MR) is 69.8 cm³/mol. The van der Waals surface area contributed by atoms with Crippen molar-refractivity contribution in [1.82, 2.24) is 0 Å². The highest BCUT2D eigenvalue weighted by atomic mass is 79.9. The number of rotatable bonds is 4. The van der Waals surface area contributed by atoms with E-state index in [0.29, 0.717) is 11.4 Å². The van der Waals surface area contributed by atoms with E-state index < -0.39 is 5.41 Å². The average molecular weight is 302 g/mol. The molecule has 0 aromatic heterocycles. The van der Waals surface area contributed by atoms with Crippen molar-refractivity contribution in [2.45, 2.75) is 13.8 Å². The molecule has 2 N–H and O–H groups in total. The Labute approximate surface area is 109 Å². The van der Waals surface area contributed by atoms with Crippen molar-refractivity contribution in [2.24, 2.45) is 5.41 Å². The number of halogens is 1. The molecule has 0 aliphatic rings. The fourth-order valence-corrected chi connectivity index (χ4v) is 1.62. The monoisotopic (exact) mass is 301 g/mol. The van der Waals surface area contributed by atoms with Gasteiger partial charge in [0.05, 0.1) is 18.2 Å². The summed E-state index contributed by atoms with van der Waals surface area (Å²) in [6.45, 7) is 3.73. The van der Waals surface area contributed by atoms with E-state index in [0.717, 1.165) is 4.47 Å². The second kappa shape index (κ2) is 5.40. The molecule has 0 amide bonds. The third kappa shape index (κ3) is 3.63. The Morgan fingerprint density at radius 1 is 1.47 bits per heavy atom. The SMILES string of the molecule is COC(=O)C(C)(C)COc1ccc(Br)cc1N. The van der Waals surface area contributed by atoms with Crippen LogP contribution in [0.1, 0.15) is 13.8 Å². The minimum absolute atomic E-state index is 0.214. The van der Waals surface area contributed by atoms with Crippen molar-refractivity contribution in [3.05, 3.63) is 22.7 Å². The van der Waals surface area contributed by atoms with Crippen molar-refractivity contribution in [3.63, 3.8) is 0 Å². The van der Waals surface area contributed by atoms with Gasteiger partial charge in [0.2, 0.25) is 0 Å². The van der Waals surface area contributed by atoms with Gasteiger partial charge in [-0.3, -0.25) is 4.79 Å². The van der Waals surface area contributed by atoms with Crippen molar-refractivity contribution in [2.75, 3.05) is 19.5 Å². The molecule has 0 fully saturated rings. The summed E-state index contributed by atoms with van der Waals surface area (Å²) in [5.74, 6) is 0.248.